The molecule has 4 nitrogen and oxygen atoms in total. The van der Waals surface area contributed by atoms with Gasteiger partial charge in [0.2, 0.25) is 0 Å². The summed E-state index contributed by atoms with van der Waals surface area (Å²) in [6, 6.07) is 2.52. The lowest BCUT2D eigenvalue weighted by atomic mass is 10.2. The van der Waals surface area contributed by atoms with Crippen LogP contribution in [0.2, 0.25) is 5.02 Å². The van der Waals surface area contributed by atoms with E-state index in [1.165, 1.54) is 6.07 Å². The number of anilines is 1. The molecule has 1 amide bonds. The van der Waals surface area contributed by atoms with Crippen LogP contribution in [0.3, 0.4) is 0 Å². The van der Waals surface area contributed by atoms with Gasteiger partial charge in [0.1, 0.15) is 5.82 Å². The Hall–Kier alpha value is -0.980. The quantitative estimate of drug-likeness (QED) is 0.661. The van der Waals surface area contributed by atoms with Crippen molar-refractivity contribution in [2.24, 2.45) is 0 Å². The summed E-state index contributed by atoms with van der Waals surface area (Å²) in [6.07, 6.45) is 0. The van der Waals surface area contributed by atoms with Gasteiger partial charge in [-0.05, 0) is 33.0 Å². The second kappa shape index (κ2) is 6.26. The Morgan fingerprint density at radius 3 is 2.72 bits per heavy atom. The van der Waals surface area contributed by atoms with Gasteiger partial charge in [-0.2, -0.15) is 0 Å². The van der Waals surface area contributed by atoms with Crippen LogP contribution >= 0.6 is 23.7 Å². The minimum atomic E-state index is -0.636. The zero-order chi connectivity index (χ0) is 13.9. The second-order valence-electron chi connectivity index (χ2n) is 4.02. The lowest BCUT2D eigenvalue weighted by Crippen LogP contribution is -2.27. The SMILES string of the molecule is CC(C)N(C)SNC(=O)c1cc(N)c(F)cc1Cl. The highest BCUT2D eigenvalue weighted by atomic mass is 35.5. The van der Waals surface area contributed by atoms with Crippen molar-refractivity contribution >= 4 is 35.3 Å². The first-order chi connectivity index (χ1) is 8.32. The molecule has 100 valence electrons. The lowest BCUT2D eigenvalue weighted by Gasteiger charge is -2.19. The number of benzene rings is 1. The molecule has 1 aromatic carbocycles. The first-order valence-corrected chi connectivity index (χ1v) is 6.42. The van der Waals surface area contributed by atoms with Crippen molar-refractivity contribution in [3.8, 4) is 0 Å². The van der Waals surface area contributed by atoms with Crippen molar-refractivity contribution in [1.29, 1.82) is 0 Å². The van der Waals surface area contributed by atoms with Crippen molar-refractivity contribution < 1.29 is 9.18 Å². The van der Waals surface area contributed by atoms with E-state index in [0.29, 0.717) is 0 Å². The highest BCUT2D eigenvalue weighted by Gasteiger charge is 2.15. The molecule has 0 bridgehead atoms. The summed E-state index contributed by atoms with van der Waals surface area (Å²) in [4.78, 5) is 11.8. The van der Waals surface area contributed by atoms with E-state index in [-0.39, 0.29) is 22.3 Å². The van der Waals surface area contributed by atoms with E-state index in [0.717, 1.165) is 18.2 Å². The van der Waals surface area contributed by atoms with Crippen LogP contribution in [0.15, 0.2) is 12.1 Å². The molecule has 0 atom stereocenters. The van der Waals surface area contributed by atoms with Crippen LogP contribution in [0.5, 0.6) is 0 Å². The summed E-state index contributed by atoms with van der Waals surface area (Å²) in [5.74, 6) is -1.05. The topological polar surface area (TPSA) is 58.4 Å². The smallest absolute Gasteiger partial charge is 0.263 e. The van der Waals surface area contributed by atoms with E-state index in [4.69, 9.17) is 17.3 Å². The number of rotatable bonds is 4. The fourth-order valence-electron chi connectivity index (χ4n) is 1.01. The Kier molecular flexibility index (Phi) is 5.25. The molecule has 0 spiro atoms. The minimum Gasteiger partial charge on any atom is -0.396 e. The van der Waals surface area contributed by atoms with Gasteiger partial charge in [0.05, 0.1) is 16.3 Å². The summed E-state index contributed by atoms with van der Waals surface area (Å²) in [6.45, 7) is 3.98. The predicted molar refractivity (Wildman–Crippen MR) is 73.8 cm³/mol. The van der Waals surface area contributed by atoms with Crippen LogP contribution in [-0.4, -0.2) is 23.3 Å². The Morgan fingerprint density at radius 1 is 1.56 bits per heavy atom. The summed E-state index contributed by atoms with van der Waals surface area (Å²) >= 11 is 6.94. The number of hydrogen-bond donors (Lipinski definition) is 2. The molecule has 0 saturated heterocycles. The number of nitrogens with one attached hydrogen (secondary N) is 1. The molecule has 0 fully saturated rings. The molecule has 0 aromatic heterocycles. The second-order valence-corrected chi connectivity index (χ2v) is 5.39. The minimum absolute atomic E-state index is 0.0343. The van der Waals surface area contributed by atoms with Crippen LogP contribution in [0.4, 0.5) is 10.1 Å². The maximum Gasteiger partial charge on any atom is 0.263 e. The Labute approximate surface area is 115 Å². The number of amides is 1. The van der Waals surface area contributed by atoms with E-state index in [2.05, 4.69) is 4.72 Å². The summed E-state index contributed by atoms with van der Waals surface area (Å²) in [7, 11) is 1.84. The molecule has 0 aliphatic carbocycles. The van der Waals surface area contributed by atoms with Gasteiger partial charge in [0, 0.05) is 18.2 Å². The van der Waals surface area contributed by atoms with Crippen molar-refractivity contribution in [3.05, 3.63) is 28.5 Å². The highest BCUT2D eigenvalue weighted by Crippen LogP contribution is 2.23. The molecule has 1 rings (SSSR count). The first kappa shape index (κ1) is 15.1. The molecule has 1 aromatic rings. The molecule has 0 radical (unpaired) electrons. The van der Waals surface area contributed by atoms with E-state index in [1.54, 1.807) is 0 Å². The summed E-state index contributed by atoms with van der Waals surface area (Å²) in [5, 5.41) is 0.0343. The molecule has 0 aliphatic heterocycles. The van der Waals surface area contributed by atoms with E-state index >= 15 is 0 Å². The standard InChI is InChI=1S/C11H15ClFN3OS/c1-6(2)16(3)18-15-11(17)7-4-10(14)9(13)5-8(7)12/h4-6H,14H2,1-3H3,(H,15,17). The van der Waals surface area contributed by atoms with Crippen molar-refractivity contribution in [2.75, 3.05) is 12.8 Å². The van der Waals surface area contributed by atoms with Gasteiger partial charge < -0.3 is 5.73 Å². The molecule has 18 heavy (non-hydrogen) atoms. The first-order valence-electron chi connectivity index (χ1n) is 5.27. The van der Waals surface area contributed by atoms with Crippen LogP contribution in [0.25, 0.3) is 0 Å². The predicted octanol–water partition coefficient (Wildman–Crippen LogP) is 2.69. The third kappa shape index (κ3) is 3.76. The molecule has 0 heterocycles. The summed E-state index contributed by atoms with van der Waals surface area (Å²) < 4.78 is 17.6. The maximum absolute atomic E-state index is 13.1. The van der Waals surface area contributed by atoms with Gasteiger partial charge in [0.15, 0.2) is 0 Å². The zero-order valence-electron chi connectivity index (χ0n) is 10.3. The molecule has 7 heteroatoms. The van der Waals surface area contributed by atoms with Crippen LogP contribution in [0, 0.1) is 5.82 Å². The van der Waals surface area contributed by atoms with Crippen molar-refractivity contribution in [1.82, 2.24) is 9.03 Å². The molecular formula is C11H15ClFN3OS. The summed E-state index contributed by atoms with van der Waals surface area (Å²) in [5.41, 5.74) is 5.45. The normalized spacial score (nSPS) is 11.1. The Balaban J connectivity index is 2.76. The number of nitrogen functional groups attached to an aromatic ring is 1. The van der Waals surface area contributed by atoms with Gasteiger partial charge in [-0.1, -0.05) is 11.6 Å². The van der Waals surface area contributed by atoms with Gasteiger partial charge in [-0.3, -0.25) is 9.52 Å². The van der Waals surface area contributed by atoms with Gasteiger partial charge in [-0.25, -0.2) is 8.70 Å². The Morgan fingerprint density at radius 2 is 2.17 bits per heavy atom. The maximum atomic E-state index is 13.1. The largest absolute Gasteiger partial charge is 0.396 e. The number of carbonyl (C=O) groups is 1. The van der Waals surface area contributed by atoms with Gasteiger partial charge in [-0.15, -0.1) is 0 Å². The third-order valence-electron chi connectivity index (χ3n) is 2.34. The number of halogens is 2. The number of nitrogens with two attached hydrogens (primary N) is 1. The van der Waals surface area contributed by atoms with Crippen LogP contribution in [-0.2, 0) is 0 Å². The highest BCUT2D eigenvalue weighted by molar-refractivity contribution is 7.95. The van der Waals surface area contributed by atoms with E-state index in [9.17, 15) is 9.18 Å². The van der Waals surface area contributed by atoms with Gasteiger partial charge in [0.25, 0.3) is 5.91 Å². The molecule has 0 saturated carbocycles. The molecule has 0 unspecified atom stereocenters. The van der Waals surface area contributed by atoms with Crippen molar-refractivity contribution in [3.63, 3.8) is 0 Å². The lowest BCUT2D eigenvalue weighted by molar-refractivity contribution is 0.0983. The zero-order valence-corrected chi connectivity index (χ0v) is 11.9. The fraction of sp³-hybridized carbons (Fsp3) is 0.364. The van der Waals surface area contributed by atoms with E-state index in [1.807, 2.05) is 25.2 Å². The van der Waals surface area contributed by atoms with E-state index < -0.39 is 11.7 Å². The third-order valence-corrected chi connectivity index (χ3v) is 3.64. The van der Waals surface area contributed by atoms with Crippen LogP contribution < -0.4 is 10.5 Å². The van der Waals surface area contributed by atoms with Crippen LogP contribution in [0.1, 0.15) is 24.2 Å². The molecule has 0 aliphatic rings. The number of hydrogen-bond acceptors (Lipinski definition) is 4. The van der Waals surface area contributed by atoms with Gasteiger partial charge >= 0.3 is 0 Å². The monoisotopic (exact) mass is 291 g/mol. The fourth-order valence-corrected chi connectivity index (χ4v) is 1.80. The number of nitrogens with zero attached hydrogens (tertiary/aromatic N) is 1. The van der Waals surface area contributed by atoms with Crippen molar-refractivity contribution in [2.45, 2.75) is 19.9 Å². The Bertz CT molecular complexity index is 456. The average Bonchev–Trinajstić information content (AvgIpc) is 2.30. The average molecular weight is 292 g/mol. The number of carbonyl (C=O) groups excluding carboxylic acids is 1. The molecule has 3 N–H and O–H groups in total. The molecular weight excluding hydrogens is 277 g/mol.